The highest BCUT2D eigenvalue weighted by molar-refractivity contribution is 7.92. The lowest BCUT2D eigenvalue weighted by Gasteiger charge is -2.40. The molecule has 266 valence electrons. The monoisotopic (exact) mass is 711 g/mol. The Labute approximate surface area is 298 Å². The fourth-order valence-electron chi connectivity index (χ4n) is 7.15. The number of halogens is 2. The molecule has 0 radical (unpaired) electrons. The molecule has 0 bridgehead atoms. The Morgan fingerprint density at radius 1 is 0.784 bits per heavy atom. The lowest BCUT2D eigenvalue weighted by Crippen LogP contribution is -2.49. The smallest absolute Gasteiger partial charge is 0.232 e. The number of rotatable bonds is 11. The fourth-order valence-corrected chi connectivity index (χ4v) is 8.28. The minimum Gasteiger partial charge on any atom is -0.371 e. The summed E-state index contributed by atoms with van der Waals surface area (Å²) in [6, 6.07) is 23.5. The van der Waals surface area contributed by atoms with Crippen molar-refractivity contribution in [1.29, 1.82) is 0 Å². The number of benzene rings is 3. The Morgan fingerprint density at radius 2 is 1.47 bits per heavy atom. The zero-order valence-corrected chi connectivity index (χ0v) is 29.6. The quantitative estimate of drug-likeness (QED) is 0.157. The van der Waals surface area contributed by atoms with E-state index in [1.54, 1.807) is 54.5 Å². The van der Waals surface area contributed by atoms with Crippen molar-refractivity contribution in [1.82, 2.24) is 19.7 Å². The molecule has 5 aromatic rings. The lowest BCUT2D eigenvalue weighted by molar-refractivity contribution is 0.201. The van der Waals surface area contributed by atoms with Crippen molar-refractivity contribution in [3.8, 4) is 28.1 Å². The first kappa shape index (κ1) is 34.6. The van der Waals surface area contributed by atoms with Crippen LogP contribution in [0.1, 0.15) is 26.2 Å². The van der Waals surface area contributed by atoms with E-state index in [2.05, 4.69) is 36.5 Å². The maximum atomic E-state index is 15.9. The van der Waals surface area contributed by atoms with Crippen molar-refractivity contribution in [3.05, 3.63) is 109 Å². The Bertz CT molecular complexity index is 2040. The summed E-state index contributed by atoms with van der Waals surface area (Å²) in [7, 11) is -3.68. The molecule has 4 heterocycles. The average molecular weight is 712 g/mol. The largest absolute Gasteiger partial charge is 0.371 e. The number of aromatic nitrogens is 3. The molecule has 2 aliphatic heterocycles. The second kappa shape index (κ2) is 15.2. The molecular weight excluding hydrogens is 669 g/mol. The van der Waals surface area contributed by atoms with Gasteiger partial charge in [0.2, 0.25) is 10.0 Å². The van der Waals surface area contributed by atoms with Gasteiger partial charge in [0, 0.05) is 92.5 Å². The summed E-state index contributed by atoms with van der Waals surface area (Å²) in [5.41, 5.74) is 4.96. The molecule has 0 unspecified atom stereocenters. The van der Waals surface area contributed by atoms with Gasteiger partial charge in [-0.25, -0.2) is 21.9 Å². The number of nitrogens with one attached hydrogen (secondary N) is 1. The summed E-state index contributed by atoms with van der Waals surface area (Å²) in [4.78, 5) is 11.4. The fraction of sp³-hybridized carbons (Fsp3) is 0.333. The van der Waals surface area contributed by atoms with E-state index < -0.39 is 15.8 Å². The summed E-state index contributed by atoms with van der Waals surface area (Å²) in [6.45, 7) is 8.67. The zero-order chi connectivity index (χ0) is 35.4. The predicted octanol–water partition coefficient (Wildman–Crippen LogP) is 7.07. The first-order chi connectivity index (χ1) is 24.8. The molecule has 7 rings (SSSR count). The number of nitrogens with zero attached hydrogens (tertiary/aromatic N) is 6. The van der Waals surface area contributed by atoms with Crippen molar-refractivity contribution >= 4 is 27.1 Å². The number of piperazine rings is 1. The van der Waals surface area contributed by atoms with Crippen LogP contribution < -0.4 is 14.5 Å². The third kappa shape index (κ3) is 8.07. The van der Waals surface area contributed by atoms with E-state index in [0.29, 0.717) is 23.6 Å². The molecule has 0 amide bonds. The van der Waals surface area contributed by atoms with Gasteiger partial charge in [-0.3, -0.25) is 14.6 Å². The molecule has 2 fully saturated rings. The number of hydrogen-bond donors (Lipinski definition) is 1. The Hall–Kier alpha value is -4.81. The van der Waals surface area contributed by atoms with E-state index in [0.717, 1.165) is 81.3 Å². The normalized spacial score (nSPS) is 16.1. The molecule has 0 spiro atoms. The molecule has 2 aromatic heterocycles. The molecule has 0 saturated carbocycles. The summed E-state index contributed by atoms with van der Waals surface area (Å²) in [5.74, 6) is -0.281. The summed E-state index contributed by atoms with van der Waals surface area (Å²) in [5, 5.41) is 4.88. The molecule has 1 N–H and O–H groups in total. The van der Waals surface area contributed by atoms with E-state index >= 15 is 4.39 Å². The standard InChI is InChI=1S/C39H43F2N7O2S/c1-2-25-51(49,50)44-37-8-4-7-35(38(37)41)36-28-48(43-39(36)30-13-17-42-18-14-30)33-11-9-32(10-12-33)47-23-21-45(22-24-47)27-29-15-19-46(20-16-29)34-6-3-5-31(40)26-34/h3-14,17-18,26,28-29,44H,2,15-16,19-25,27H2,1H3. The van der Waals surface area contributed by atoms with E-state index in [9.17, 15) is 12.8 Å². The molecule has 9 nitrogen and oxygen atoms in total. The van der Waals surface area contributed by atoms with Gasteiger partial charge in [0.15, 0.2) is 5.82 Å². The van der Waals surface area contributed by atoms with Crippen molar-refractivity contribution in [2.75, 3.05) is 66.1 Å². The number of anilines is 3. The minimum atomic E-state index is -3.68. The van der Waals surface area contributed by atoms with Gasteiger partial charge in [0.1, 0.15) is 11.5 Å². The third-order valence-electron chi connectivity index (χ3n) is 9.85. The van der Waals surface area contributed by atoms with Gasteiger partial charge in [-0.2, -0.15) is 5.10 Å². The van der Waals surface area contributed by atoms with Gasteiger partial charge in [-0.15, -0.1) is 0 Å². The summed E-state index contributed by atoms with van der Waals surface area (Å²) < 4.78 is 58.7. The lowest BCUT2D eigenvalue weighted by atomic mass is 9.95. The van der Waals surface area contributed by atoms with Crippen LogP contribution in [0.3, 0.4) is 0 Å². The van der Waals surface area contributed by atoms with Crippen molar-refractivity contribution in [2.45, 2.75) is 26.2 Å². The van der Waals surface area contributed by atoms with Gasteiger partial charge in [0.25, 0.3) is 0 Å². The first-order valence-corrected chi connectivity index (χ1v) is 19.3. The molecular formula is C39H43F2N7O2S. The number of piperidine rings is 1. The van der Waals surface area contributed by atoms with Crippen LogP contribution in [-0.4, -0.2) is 79.6 Å². The second-order valence-electron chi connectivity index (χ2n) is 13.4. The van der Waals surface area contributed by atoms with Crippen molar-refractivity contribution in [2.24, 2.45) is 5.92 Å². The van der Waals surface area contributed by atoms with E-state index in [1.807, 2.05) is 30.3 Å². The van der Waals surface area contributed by atoms with Crippen LogP contribution in [0, 0.1) is 17.6 Å². The highest BCUT2D eigenvalue weighted by Crippen LogP contribution is 2.36. The molecule has 0 atom stereocenters. The highest BCUT2D eigenvalue weighted by atomic mass is 32.2. The van der Waals surface area contributed by atoms with Gasteiger partial charge in [-0.1, -0.05) is 25.1 Å². The van der Waals surface area contributed by atoms with Crippen molar-refractivity contribution in [3.63, 3.8) is 0 Å². The molecule has 51 heavy (non-hydrogen) atoms. The van der Waals surface area contributed by atoms with Gasteiger partial charge < -0.3 is 9.80 Å². The average Bonchev–Trinajstić information content (AvgIpc) is 3.59. The van der Waals surface area contributed by atoms with E-state index in [4.69, 9.17) is 5.10 Å². The minimum absolute atomic E-state index is 0.0925. The van der Waals surface area contributed by atoms with Crippen molar-refractivity contribution < 1.29 is 17.2 Å². The van der Waals surface area contributed by atoms with Crippen LogP contribution >= 0.6 is 0 Å². The molecule has 3 aromatic carbocycles. The maximum absolute atomic E-state index is 15.9. The Morgan fingerprint density at radius 3 is 2.18 bits per heavy atom. The van der Waals surface area contributed by atoms with Crippen LogP contribution in [0.25, 0.3) is 28.1 Å². The van der Waals surface area contributed by atoms with Gasteiger partial charge >= 0.3 is 0 Å². The number of sulfonamides is 1. The predicted molar refractivity (Wildman–Crippen MR) is 200 cm³/mol. The number of hydrogen-bond acceptors (Lipinski definition) is 7. The molecule has 0 aliphatic carbocycles. The van der Waals surface area contributed by atoms with E-state index in [1.165, 1.54) is 12.1 Å². The molecule has 12 heteroatoms. The summed E-state index contributed by atoms with van der Waals surface area (Å²) >= 11 is 0. The van der Waals surface area contributed by atoms with E-state index in [-0.39, 0.29) is 22.8 Å². The Balaban J connectivity index is 1.02. The maximum Gasteiger partial charge on any atom is 0.232 e. The third-order valence-corrected chi connectivity index (χ3v) is 11.3. The van der Waals surface area contributed by atoms with Crippen LogP contribution in [0.5, 0.6) is 0 Å². The first-order valence-electron chi connectivity index (χ1n) is 17.6. The van der Waals surface area contributed by atoms with Crippen LogP contribution in [0.4, 0.5) is 25.8 Å². The summed E-state index contributed by atoms with van der Waals surface area (Å²) in [6.07, 6.45) is 7.77. The zero-order valence-electron chi connectivity index (χ0n) is 28.8. The SMILES string of the molecule is CCCS(=O)(=O)Nc1cccc(-c2cn(-c3ccc(N4CCN(CC5CCN(c6cccc(F)c6)CC5)CC4)cc3)nc2-c2ccncc2)c1F. The number of pyridine rings is 1. The molecule has 2 saturated heterocycles. The second-order valence-corrected chi connectivity index (χ2v) is 15.2. The topological polar surface area (TPSA) is 86.6 Å². The Kier molecular flexibility index (Phi) is 10.3. The molecule has 2 aliphatic rings. The van der Waals surface area contributed by atoms with Crippen LogP contribution in [0.2, 0.25) is 0 Å². The van der Waals surface area contributed by atoms with Gasteiger partial charge in [0.05, 0.1) is 17.1 Å². The van der Waals surface area contributed by atoms with Gasteiger partial charge in [-0.05, 0) is 85.8 Å². The van der Waals surface area contributed by atoms with Crippen LogP contribution in [-0.2, 0) is 10.0 Å². The van der Waals surface area contributed by atoms with Crippen LogP contribution in [0.15, 0.2) is 97.5 Å². The highest BCUT2D eigenvalue weighted by Gasteiger charge is 2.25.